The molecule has 115 heavy (non-hydrogen) atoms. The lowest BCUT2D eigenvalue weighted by Gasteiger charge is -2.29. The van der Waals surface area contributed by atoms with Gasteiger partial charge in [-0.25, -0.2) is 0 Å². The van der Waals surface area contributed by atoms with E-state index in [9.17, 15) is 90.0 Å². The number of pyridine rings is 6. The van der Waals surface area contributed by atoms with E-state index in [0.29, 0.717) is 100 Å². The Morgan fingerprint density at radius 1 is 0.365 bits per heavy atom. The molecule has 0 amide bonds. The second kappa shape index (κ2) is 32.0. The quantitative estimate of drug-likeness (QED) is 0.0731. The molecule has 0 unspecified atom stereocenters. The van der Waals surface area contributed by atoms with Gasteiger partial charge in [0.1, 0.15) is 0 Å². The van der Waals surface area contributed by atoms with Crippen LogP contribution in [0.25, 0.3) is 65.4 Å². The fraction of sp³-hybridized carbons (Fsp3) is 0.400. The SMILES string of the molecule is CC(C)(C)c1c[nH]c2cc(O)c(O)c(Cl)c2c1=O.CC(C)(C)c1c[nH]c2cc(O)c(O)cc2c1=O.CC(C)(C)c1cn(C(C)(C)C)c2cc(O)c(O)cc2c1=O.CC(C)(C)c1cn(C2CC2)c2cc(O)c(O)cc2c1=O.CC(C)n1cc(C(C)(C)C)c(=O)c2cc(O)c(O)cc21.CCn1cc(C(C)(C)C)c(=O)c2cc(O)c(O)cc21. The molecule has 14 N–H and O–H groups in total. The zero-order valence-corrected chi connectivity index (χ0v) is 70.8. The molecule has 12 aromatic rings. The third-order valence-electron chi connectivity index (χ3n) is 20.0. The Labute approximate surface area is 671 Å². The summed E-state index contributed by atoms with van der Waals surface area (Å²) in [5.41, 5.74) is 4.85. The zero-order chi connectivity index (χ0) is 86.9. The van der Waals surface area contributed by atoms with Crippen molar-refractivity contribution >= 4 is 77.0 Å². The molecule has 0 saturated heterocycles. The first-order chi connectivity index (χ1) is 52.6. The van der Waals surface area contributed by atoms with Crippen molar-refractivity contribution < 1.29 is 61.3 Å². The lowest BCUT2D eigenvalue weighted by atomic mass is 9.86. The van der Waals surface area contributed by atoms with Crippen molar-refractivity contribution in [2.75, 3.05) is 0 Å². The number of nitrogens with one attached hydrogen (secondary N) is 2. The van der Waals surface area contributed by atoms with Crippen molar-refractivity contribution in [3.63, 3.8) is 0 Å². The fourth-order valence-corrected chi connectivity index (χ4v) is 13.5. The molecule has 1 saturated carbocycles. The lowest BCUT2D eigenvalue weighted by molar-refractivity contribution is 0.395. The number of aromatic hydroxyl groups is 12. The highest BCUT2D eigenvalue weighted by atomic mass is 35.5. The van der Waals surface area contributed by atoms with Crippen LogP contribution in [0.3, 0.4) is 0 Å². The van der Waals surface area contributed by atoms with Gasteiger partial charge in [-0.3, -0.25) is 28.8 Å². The van der Waals surface area contributed by atoms with E-state index in [0.717, 1.165) is 18.4 Å². The molecule has 1 aliphatic rings. The molecule has 616 valence electrons. The predicted molar refractivity (Wildman–Crippen MR) is 458 cm³/mol. The van der Waals surface area contributed by atoms with Crippen LogP contribution in [0, 0.1) is 0 Å². The summed E-state index contributed by atoms with van der Waals surface area (Å²) in [7, 11) is 0. The van der Waals surface area contributed by atoms with Crippen molar-refractivity contribution in [2.24, 2.45) is 0 Å². The Morgan fingerprint density at radius 3 is 1.09 bits per heavy atom. The maximum atomic E-state index is 12.7. The van der Waals surface area contributed by atoms with Crippen LogP contribution in [0.1, 0.15) is 224 Å². The van der Waals surface area contributed by atoms with E-state index in [1.54, 1.807) is 12.4 Å². The molecule has 0 spiro atoms. The van der Waals surface area contributed by atoms with Gasteiger partial charge in [0.2, 0.25) is 0 Å². The number of aryl methyl sites for hydroxylation is 1. The Morgan fingerprint density at radius 2 is 0.678 bits per heavy atom. The Bertz CT molecular complexity index is 6060. The highest BCUT2D eigenvalue weighted by Gasteiger charge is 2.31. The van der Waals surface area contributed by atoms with Gasteiger partial charge in [-0.05, 0) is 117 Å². The van der Waals surface area contributed by atoms with Gasteiger partial charge in [-0.2, -0.15) is 0 Å². The number of H-pyrrole nitrogens is 2. The molecular formula is C90H111ClN6O18. The molecule has 6 aromatic heterocycles. The van der Waals surface area contributed by atoms with Crippen LogP contribution in [0.2, 0.25) is 5.02 Å². The fourth-order valence-electron chi connectivity index (χ4n) is 13.2. The van der Waals surface area contributed by atoms with Crippen molar-refractivity contribution in [1.82, 2.24) is 28.2 Å². The van der Waals surface area contributed by atoms with E-state index in [1.165, 1.54) is 66.7 Å². The van der Waals surface area contributed by atoms with E-state index < -0.39 is 5.75 Å². The number of rotatable bonds is 3. The van der Waals surface area contributed by atoms with Crippen molar-refractivity contribution in [3.05, 3.63) is 204 Å². The first kappa shape index (κ1) is 89.0. The summed E-state index contributed by atoms with van der Waals surface area (Å²) < 4.78 is 7.91. The van der Waals surface area contributed by atoms with Crippen LogP contribution >= 0.6 is 11.6 Å². The summed E-state index contributed by atoms with van der Waals surface area (Å²) in [5, 5.41) is 117. The van der Waals surface area contributed by atoms with E-state index in [1.807, 2.05) is 205 Å². The second-order valence-electron chi connectivity index (χ2n) is 36.8. The number of phenols is 12. The van der Waals surface area contributed by atoms with E-state index in [2.05, 4.69) is 14.5 Å². The topological polar surface area (TPSA) is 396 Å². The standard InChI is InChI=1S/C17H23NO3.C16H19NO3.C16H21NO3.C15H19NO3.C13H14ClNO3.C13H15NO3/c1-16(2,3)11-9-18(17(4,5)6)12-8-14(20)13(19)7-10(12)15(11)21;1-16(2,3)11-8-17(9-4-5-9)12-7-14(19)13(18)6-10(12)15(11)20;1-9(2)17-8-11(16(3,4)5)15(20)10-6-13(18)14(19)7-12(10)17;1-5-16-8-10(15(2,3)4)14(19)9-6-12(17)13(18)7-11(9)16;1-13(2,3)6-5-15-7-4-8(16)12(18)10(14)9(7)11(6)17;1-13(2,3)8-6-14-9-5-11(16)10(15)4-7(9)12(8)17/h7-9,19-20H,1-6H3;6-9,18-19H,4-5H2,1-3H3;6-9,18-19H,1-5H3;6-8,17-18H,5H2,1-4H3;4-5,16,18H,1-3H3,(H,15,17);4-6,15-16H,1-3H3,(H,14,17). The molecular weight excluding hydrogens is 1490 g/mol. The molecule has 6 aromatic carbocycles. The summed E-state index contributed by atoms with van der Waals surface area (Å²) in [4.78, 5) is 80.9. The minimum Gasteiger partial charge on any atom is -0.504 e. The Balaban J connectivity index is 0.000000173. The molecule has 1 fully saturated rings. The minimum absolute atomic E-state index is 0.0697. The lowest BCUT2D eigenvalue weighted by Crippen LogP contribution is -2.30. The van der Waals surface area contributed by atoms with E-state index in [4.69, 9.17) is 11.6 Å². The van der Waals surface area contributed by atoms with Gasteiger partial charge in [0, 0.05) is 158 Å². The first-order valence-electron chi connectivity index (χ1n) is 37.9. The third kappa shape index (κ3) is 19.0. The molecule has 0 radical (unpaired) electrons. The maximum Gasteiger partial charge on any atom is 0.194 e. The highest BCUT2D eigenvalue weighted by Crippen LogP contribution is 2.43. The van der Waals surface area contributed by atoms with Crippen molar-refractivity contribution in [3.8, 4) is 69.0 Å². The molecule has 0 aliphatic heterocycles. The van der Waals surface area contributed by atoms with E-state index >= 15 is 0 Å². The molecule has 13 rings (SSSR count). The summed E-state index contributed by atoms with van der Waals surface area (Å²) in [6.45, 7) is 48.3. The average Bonchev–Trinajstić information content (AvgIpc) is 1.38. The van der Waals surface area contributed by atoms with Crippen LogP contribution in [0.5, 0.6) is 69.0 Å². The van der Waals surface area contributed by atoms with Gasteiger partial charge in [-0.15, -0.1) is 0 Å². The van der Waals surface area contributed by atoms with Gasteiger partial charge in [0.15, 0.2) is 102 Å². The van der Waals surface area contributed by atoms with Crippen LogP contribution < -0.4 is 32.6 Å². The Hall–Kier alpha value is -11.5. The van der Waals surface area contributed by atoms with E-state index in [-0.39, 0.29) is 150 Å². The minimum atomic E-state index is -0.472. The average molecular weight is 1600 g/mol. The predicted octanol–water partition coefficient (Wildman–Crippen LogP) is 17.7. The van der Waals surface area contributed by atoms with Crippen LogP contribution in [0.15, 0.2) is 133 Å². The van der Waals surface area contributed by atoms with Gasteiger partial charge in [-0.1, -0.05) is 136 Å². The molecule has 1 aliphatic carbocycles. The van der Waals surface area contributed by atoms with Gasteiger partial charge < -0.3 is 89.5 Å². The largest absolute Gasteiger partial charge is 0.504 e. The van der Waals surface area contributed by atoms with Gasteiger partial charge >= 0.3 is 0 Å². The number of benzene rings is 6. The van der Waals surface area contributed by atoms with Crippen molar-refractivity contribution in [2.45, 2.75) is 236 Å². The van der Waals surface area contributed by atoms with Crippen LogP contribution in [0.4, 0.5) is 0 Å². The summed E-state index contributed by atoms with van der Waals surface area (Å²) in [6.07, 6.45) is 12.9. The summed E-state index contributed by atoms with van der Waals surface area (Å²) >= 11 is 5.93. The number of aromatic amines is 2. The third-order valence-corrected chi connectivity index (χ3v) is 20.3. The normalized spacial score (nSPS) is 12.9. The molecule has 0 atom stereocenters. The smallest absolute Gasteiger partial charge is 0.194 e. The zero-order valence-electron chi connectivity index (χ0n) is 70.1. The number of hydrogen-bond donors (Lipinski definition) is 14. The van der Waals surface area contributed by atoms with Gasteiger partial charge in [0.25, 0.3) is 0 Å². The Kier molecular flexibility index (Phi) is 24.8. The molecule has 25 heteroatoms. The second-order valence-corrected chi connectivity index (χ2v) is 37.2. The maximum absolute atomic E-state index is 12.7. The molecule has 6 heterocycles. The summed E-state index contributed by atoms with van der Waals surface area (Å²) in [6, 6.07) is 15.7. The first-order valence-corrected chi connectivity index (χ1v) is 38.3. The number of phenolic OH excluding ortho intramolecular Hbond substituents is 12. The number of nitrogens with zero attached hydrogens (tertiary/aromatic N) is 4. The monoisotopic (exact) mass is 1600 g/mol. The summed E-state index contributed by atoms with van der Waals surface area (Å²) in [5.74, 6) is -3.23. The van der Waals surface area contributed by atoms with Crippen LogP contribution in [-0.2, 0) is 44.6 Å². The van der Waals surface area contributed by atoms with Crippen molar-refractivity contribution in [1.29, 1.82) is 0 Å². The van der Waals surface area contributed by atoms with Crippen LogP contribution in [-0.4, -0.2) is 89.5 Å². The highest BCUT2D eigenvalue weighted by molar-refractivity contribution is 6.37. The molecule has 24 nitrogen and oxygen atoms in total. The number of fused-ring (bicyclic) bond motifs is 6. The molecule has 0 bridgehead atoms. The van der Waals surface area contributed by atoms with Gasteiger partial charge in [0.05, 0.1) is 43.5 Å². The number of aromatic nitrogens is 6. The number of hydrogen-bond acceptors (Lipinski definition) is 18. The number of halogens is 1.